The van der Waals surface area contributed by atoms with E-state index in [4.69, 9.17) is 13.9 Å². The van der Waals surface area contributed by atoms with Gasteiger partial charge in [0.25, 0.3) is 0 Å². The molecule has 3 rings (SSSR count). The van der Waals surface area contributed by atoms with Gasteiger partial charge in [-0.05, 0) is 31.1 Å². The highest BCUT2D eigenvalue weighted by molar-refractivity contribution is 6.74. The quantitative estimate of drug-likeness (QED) is 0.344. The van der Waals surface area contributed by atoms with Crippen LogP contribution in [0.5, 0.6) is 11.5 Å². The van der Waals surface area contributed by atoms with E-state index in [-0.39, 0.29) is 22.6 Å². The molecule has 2 aliphatic carbocycles. The fourth-order valence-corrected chi connectivity index (χ4v) is 5.77. The monoisotopic (exact) mass is 496 g/mol. The van der Waals surface area contributed by atoms with E-state index in [9.17, 15) is 34.8 Å². The van der Waals surface area contributed by atoms with Crippen molar-refractivity contribution in [2.75, 3.05) is 14.2 Å². The number of fused-ring (bicyclic) bond motifs is 2. The number of carbonyl (C=O) groups excluding carboxylic acids is 3. The normalized spacial score (nSPS) is 33.9. The highest BCUT2D eigenvalue weighted by Gasteiger charge is 2.80. The van der Waals surface area contributed by atoms with Crippen LogP contribution in [0.3, 0.4) is 0 Å². The number of benzene rings is 1. The third kappa shape index (κ3) is 3.08. The van der Waals surface area contributed by atoms with Gasteiger partial charge in [0.05, 0.1) is 19.8 Å². The summed E-state index contributed by atoms with van der Waals surface area (Å²) in [5.74, 6) is -3.83. The Morgan fingerprint density at radius 1 is 0.971 bits per heavy atom. The Hall–Kier alpha value is -2.15. The smallest absolute Gasteiger partial charge is 0.221 e. The predicted octanol–water partition coefficient (Wildman–Crippen LogP) is 0.630. The molecule has 0 amide bonds. The molecule has 0 bridgehead atoms. The van der Waals surface area contributed by atoms with Gasteiger partial charge < -0.3 is 34.3 Å². The Morgan fingerprint density at radius 2 is 1.53 bits per heavy atom. The van der Waals surface area contributed by atoms with Crippen molar-refractivity contribution in [1.82, 2.24) is 0 Å². The minimum atomic E-state index is -3.25. The molecule has 188 valence electrons. The average Bonchev–Trinajstić information content (AvgIpc) is 2.76. The van der Waals surface area contributed by atoms with Crippen LogP contribution >= 0.6 is 0 Å². The summed E-state index contributed by atoms with van der Waals surface area (Å²) in [7, 11) is -0.608. The Balaban J connectivity index is 2.50. The van der Waals surface area contributed by atoms with Gasteiger partial charge in [-0.15, -0.1) is 0 Å². The molecule has 1 aromatic rings. The number of hydrogen-bond acceptors (Lipinski definition) is 10. The first-order chi connectivity index (χ1) is 15.4. The zero-order chi connectivity index (χ0) is 26.2. The SMILES string of the molecule is COc1cc(OC)c2c(c1)C(=O)[C@@]1(O)[C@@H](O)[C@](C)(O)[C@H](O)C(=O)[C@@]1(O[Si](C)(C)C(C)(C)C)C2=O. The number of Topliss-reactive ketones (excluding diaryl/α,β-unsaturated/α-hetero) is 3. The molecule has 0 spiro atoms. The molecular weight excluding hydrogens is 464 g/mol. The number of aliphatic hydroxyl groups is 4. The van der Waals surface area contributed by atoms with Crippen LogP contribution in [0.1, 0.15) is 48.4 Å². The summed E-state index contributed by atoms with van der Waals surface area (Å²) in [6, 6.07) is 2.49. The van der Waals surface area contributed by atoms with Crippen LogP contribution in [0.2, 0.25) is 18.1 Å². The largest absolute Gasteiger partial charge is 0.497 e. The highest BCUT2D eigenvalue weighted by Crippen LogP contribution is 2.54. The Kier molecular flexibility index (Phi) is 5.97. The number of rotatable bonds is 4. The molecule has 5 atom stereocenters. The van der Waals surface area contributed by atoms with E-state index < -0.39 is 59.7 Å². The Bertz CT molecular complexity index is 1070. The second-order valence-corrected chi connectivity index (χ2v) is 15.3. The van der Waals surface area contributed by atoms with E-state index in [0.29, 0.717) is 0 Å². The molecule has 1 saturated carbocycles. The zero-order valence-electron chi connectivity index (χ0n) is 20.5. The number of aliphatic hydroxyl groups excluding tert-OH is 2. The van der Waals surface area contributed by atoms with Crippen molar-refractivity contribution in [1.29, 1.82) is 0 Å². The van der Waals surface area contributed by atoms with Gasteiger partial charge in [0.1, 0.15) is 29.3 Å². The number of carbonyl (C=O) groups is 3. The second-order valence-electron chi connectivity index (χ2n) is 10.6. The second kappa shape index (κ2) is 7.67. The van der Waals surface area contributed by atoms with Crippen molar-refractivity contribution >= 4 is 25.7 Å². The van der Waals surface area contributed by atoms with E-state index in [0.717, 1.165) is 6.92 Å². The van der Waals surface area contributed by atoms with Crippen molar-refractivity contribution in [2.45, 2.75) is 74.8 Å². The van der Waals surface area contributed by atoms with E-state index in [1.165, 1.54) is 26.4 Å². The first-order valence-corrected chi connectivity index (χ1v) is 13.7. The minimum Gasteiger partial charge on any atom is -0.497 e. The molecule has 0 saturated heterocycles. The van der Waals surface area contributed by atoms with Crippen molar-refractivity contribution < 1.29 is 48.7 Å². The van der Waals surface area contributed by atoms with Crippen LogP contribution in [0, 0.1) is 0 Å². The average molecular weight is 497 g/mol. The van der Waals surface area contributed by atoms with Gasteiger partial charge in [-0.3, -0.25) is 14.4 Å². The number of hydrogen-bond donors (Lipinski definition) is 4. The van der Waals surface area contributed by atoms with Crippen LogP contribution in [-0.4, -0.2) is 89.3 Å². The Labute approximate surface area is 198 Å². The van der Waals surface area contributed by atoms with E-state index in [2.05, 4.69) is 0 Å². The van der Waals surface area contributed by atoms with E-state index in [1.807, 2.05) is 0 Å². The van der Waals surface area contributed by atoms with Gasteiger partial charge in [-0.2, -0.15) is 0 Å². The maximum atomic E-state index is 14.2. The van der Waals surface area contributed by atoms with Crippen LogP contribution in [-0.2, 0) is 9.22 Å². The molecule has 0 radical (unpaired) electrons. The molecule has 1 fully saturated rings. The molecule has 34 heavy (non-hydrogen) atoms. The summed E-state index contributed by atoms with van der Waals surface area (Å²) in [6.07, 6.45) is -4.80. The van der Waals surface area contributed by atoms with Crippen molar-refractivity contribution in [3.8, 4) is 11.5 Å². The molecule has 11 heteroatoms. The summed E-state index contributed by atoms with van der Waals surface area (Å²) < 4.78 is 16.7. The van der Waals surface area contributed by atoms with Gasteiger partial charge in [-0.25, -0.2) is 0 Å². The predicted molar refractivity (Wildman–Crippen MR) is 122 cm³/mol. The summed E-state index contributed by atoms with van der Waals surface area (Å²) in [5, 5.41) is 43.8. The number of ketones is 3. The molecule has 10 nitrogen and oxygen atoms in total. The number of ether oxygens (including phenoxy) is 2. The first-order valence-electron chi connectivity index (χ1n) is 10.8. The van der Waals surface area contributed by atoms with Crippen LogP contribution in [0.4, 0.5) is 0 Å². The third-order valence-corrected chi connectivity index (χ3v) is 11.9. The summed E-state index contributed by atoms with van der Waals surface area (Å²) >= 11 is 0. The lowest BCUT2D eigenvalue weighted by molar-refractivity contribution is -0.248. The van der Waals surface area contributed by atoms with Crippen LogP contribution < -0.4 is 9.47 Å². The lowest BCUT2D eigenvalue weighted by atomic mass is 9.55. The molecule has 1 aromatic carbocycles. The van der Waals surface area contributed by atoms with Crippen molar-refractivity contribution in [3.05, 3.63) is 23.3 Å². The summed E-state index contributed by atoms with van der Waals surface area (Å²) in [4.78, 5) is 41.7. The van der Waals surface area contributed by atoms with Crippen LogP contribution in [0.15, 0.2) is 12.1 Å². The standard InChI is InChI=1S/C23H32O10Si/c1-20(2,3)34(7,8)33-23-16(25)14-12(9-11(31-5)10-13(14)32-6)15(24)22(23,30)19(28)21(4,29)17(26)18(23)27/h9-10,17,19,26,28-30H,1-8H3/t17-,19+,21-,22-,23+/m1/s1. The van der Waals surface area contributed by atoms with Crippen LogP contribution in [0.25, 0.3) is 0 Å². The lowest BCUT2D eigenvalue weighted by Crippen LogP contribution is -2.87. The summed E-state index contributed by atoms with van der Waals surface area (Å²) in [5.41, 5.74) is -9.67. The van der Waals surface area contributed by atoms with Gasteiger partial charge >= 0.3 is 0 Å². The lowest BCUT2D eigenvalue weighted by Gasteiger charge is -2.59. The molecule has 0 aliphatic heterocycles. The number of methoxy groups -OCH3 is 2. The fourth-order valence-electron chi connectivity index (χ4n) is 4.35. The van der Waals surface area contributed by atoms with E-state index in [1.54, 1.807) is 33.9 Å². The van der Waals surface area contributed by atoms with E-state index >= 15 is 0 Å². The third-order valence-electron chi connectivity index (χ3n) is 7.52. The van der Waals surface area contributed by atoms with Crippen molar-refractivity contribution in [3.63, 3.8) is 0 Å². The van der Waals surface area contributed by atoms with Gasteiger partial charge in [-0.1, -0.05) is 20.8 Å². The summed E-state index contributed by atoms with van der Waals surface area (Å²) in [6.45, 7) is 9.67. The topological polar surface area (TPSA) is 160 Å². The van der Waals surface area contributed by atoms with Crippen molar-refractivity contribution in [2.24, 2.45) is 0 Å². The highest BCUT2D eigenvalue weighted by atomic mass is 28.4. The molecule has 0 aromatic heterocycles. The molecule has 0 unspecified atom stereocenters. The maximum absolute atomic E-state index is 14.2. The Morgan fingerprint density at radius 3 is 2.00 bits per heavy atom. The van der Waals surface area contributed by atoms with Gasteiger partial charge in [0.2, 0.25) is 23.0 Å². The zero-order valence-corrected chi connectivity index (χ0v) is 21.5. The maximum Gasteiger partial charge on any atom is 0.221 e. The minimum absolute atomic E-state index is 0.113. The van der Waals surface area contributed by atoms with Gasteiger partial charge in [0.15, 0.2) is 13.9 Å². The molecule has 2 aliphatic rings. The first kappa shape index (κ1) is 26.5. The fraction of sp³-hybridized carbons (Fsp3) is 0.609. The van der Waals surface area contributed by atoms with Gasteiger partial charge in [0, 0.05) is 11.6 Å². The molecular formula is C23H32O10Si. The molecule has 4 N–H and O–H groups in total. The molecule has 0 heterocycles.